The summed E-state index contributed by atoms with van der Waals surface area (Å²) in [7, 11) is 0. The summed E-state index contributed by atoms with van der Waals surface area (Å²) in [6.07, 6.45) is 0. The van der Waals surface area contributed by atoms with Crippen LogP contribution in [0.5, 0.6) is 0 Å². The van der Waals surface area contributed by atoms with Gasteiger partial charge in [0.2, 0.25) is 0 Å². The molecular weight excluding hydrogens is 346 g/mol. The van der Waals surface area contributed by atoms with Gasteiger partial charge in [-0.05, 0) is 0 Å². The Morgan fingerprint density at radius 2 is 1.00 bits per heavy atom. The molecule has 0 spiro atoms. The standard InChI is InChI=1S/Au.3Na.H2O3S.3H/c;;;;1-4(2)3;;;/h;;;;(H2,1,2,3);;;. The molecule has 3 nitrogen and oxygen atoms in total. The summed E-state index contributed by atoms with van der Waals surface area (Å²) < 4.78 is 22.8. The van der Waals surface area contributed by atoms with Crippen molar-refractivity contribution in [3.63, 3.8) is 0 Å². The molecule has 0 bridgehead atoms. The average Bonchev–Trinajstić information content (AvgIpc) is 0.811. The van der Waals surface area contributed by atoms with E-state index >= 15 is 0 Å². The third-order valence-electron chi connectivity index (χ3n) is 0. The van der Waals surface area contributed by atoms with Gasteiger partial charge in [-0.2, -0.15) is 4.21 Å². The molecule has 0 aliphatic rings. The zero-order chi connectivity index (χ0) is 3.58. The fourth-order valence-corrected chi connectivity index (χ4v) is 0. The van der Waals surface area contributed by atoms with Crippen molar-refractivity contribution >= 4 is 100 Å². The molecule has 1 radical (unpaired) electrons. The van der Waals surface area contributed by atoms with Crippen LogP contribution in [-0.2, 0) is 33.7 Å². The first-order valence-corrected chi connectivity index (χ1v) is 1.60. The van der Waals surface area contributed by atoms with Gasteiger partial charge in [0.25, 0.3) is 11.4 Å². The zero-order valence-corrected chi connectivity index (χ0v) is 5.00. The second kappa shape index (κ2) is 22.4. The summed E-state index contributed by atoms with van der Waals surface area (Å²) in [6.45, 7) is 0. The molecule has 0 aliphatic heterocycles. The quantitative estimate of drug-likeness (QED) is 0.383. The van der Waals surface area contributed by atoms with E-state index in [4.69, 9.17) is 13.3 Å². The van der Waals surface area contributed by atoms with Crippen LogP contribution in [0.3, 0.4) is 0 Å². The summed E-state index contributed by atoms with van der Waals surface area (Å²) in [6, 6.07) is 0. The summed E-state index contributed by atoms with van der Waals surface area (Å²) in [5, 5.41) is 0. The topological polar surface area (TPSA) is 57.5 Å². The molecule has 0 aliphatic carbocycles. The molecule has 8 heteroatoms. The molecule has 0 aromatic carbocycles. The molecule has 0 aromatic rings. The SMILES string of the molecule is O=S(O)O.[Au].[NaH].[NaH].[NaH]. The van der Waals surface area contributed by atoms with Gasteiger partial charge in [-0.25, -0.2) is 0 Å². The van der Waals surface area contributed by atoms with Crippen molar-refractivity contribution in [3.8, 4) is 0 Å². The van der Waals surface area contributed by atoms with E-state index in [1.165, 1.54) is 0 Å². The molecule has 0 heterocycles. The molecule has 0 amide bonds. The van der Waals surface area contributed by atoms with Crippen LogP contribution in [0.15, 0.2) is 0 Å². The number of rotatable bonds is 0. The van der Waals surface area contributed by atoms with Crippen LogP contribution in [0, 0.1) is 0 Å². The van der Waals surface area contributed by atoms with E-state index in [1.807, 2.05) is 0 Å². The van der Waals surface area contributed by atoms with Crippen molar-refractivity contribution in [3.05, 3.63) is 0 Å². The summed E-state index contributed by atoms with van der Waals surface area (Å²) >= 11 is -2.61. The average molecular weight is 351 g/mol. The van der Waals surface area contributed by atoms with E-state index in [2.05, 4.69) is 0 Å². The van der Waals surface area contributed by atoms with E-state index in [0.717, 1.165) is 0 Å². The second-order valence-electron chi connectivity index (χ2n) is 0.231. The van der Waals surface area contributed by atoms with Crippen LogP contribution >= 0.6 is 0 Å². The van der Waals surface area contributed by atoms with Crippen LogP contribution in [0.2, 0.25) is 0 Å². The predicted octanol–water partition coefficient (Wildman–Crippen LogP) is -2.27. The van der Waals surface area contributed by atoms with Gasteiger partial charge < -0.3 is 0 Å². The molecule has 0 rings (SSSR count). The van der Waals surface area contributed by atoms with Gasteiger partial charge in [0.1, 0.15) is 0 Å². The van der Waals surface area contributed by atoms with E-state index in [-0.39, 0.29) is 111 Å². The maximum atomic E-state index is 8.67. The third kappa shape index (κ3) is 52.5. The van der Waals surface area contributed by atoms with Gasteiger partial charge in [0.05, 0.1) is 0 Å². The minimum absolute atomic E-state index is 0. The van der Waals surface area contributed by atoms with Crippen LogP contribution in [0.25, 0.3) is 0 Å². The number of hydrogen-bond donors (Lipinski definition) is 2. The Labute approximate surface area is 133 Å². The normalized spacial score (nSPS) is 4.38. The molecule has 43 valence electrons. The van der Waals surface area contributed by atoms with E-state index < -0.39 is 11.4 Å². The van der Waals surface area contributed by atoms with E-state index in [1.54, 1.807) is 0 Å². The molecule has 0 fully saturated rings. The van der Waals surface area contributed by atoms with Crippen molar-refractivity contribution in [2.75, 3.05) is 0 Å². The molecule has 0 unspecified atom stereocenters. The maximum absolute atomic E-state index is 8.67. The van der Waals surface area contributed by atoms with Gasteiger partial charge in [-0.3, -0.25) is 9.11 Å². The van der Waals surface area contributed by atoms with Crippen LogP contribution in [-0.4, -0.2) is 102 Å². The van der Waals surface area contributed by atoms with Gasteiger partial charge in [-0.1, -0.05) is 0 Å². The third-order valence-corrected chi connectivity index (χ3v) is 0. The molecular formula is H5AuNa3O3S. The zero-order valence-electron chi connectivity index (χ0n) is 2.01. The van der Waals surface area contributed by atoms with Gasteiger partial charge in [0, 0.05) is 22.4 Å². The van der Waals surface area contributed by atoms with Crippen molar-refractivity contribution in [1.82, 2.24) is 0 Å². The fraction of sp³-hybridized carbons (Fsp3) is 0. The fourth-order valence-electron chi connectivity index (χ4n) is 0. The van der Waals surface area contributed by atoms with Crippen LogP contribution < -0.4 is 0 Å². The van der Waals surface area contributed by atoms with Crippen molar-refractivity contribution in [1.29, 1.82) is 0 Å². The van der Waals surface area contributed by atoms with E-state index in [0.29, 0.717) is 0 Å². The monoisotopic (exact) mass is 351 g/mol. The molecule has 0 aromatic heterocycles. The van der Waals surface area contributed by atoms with Crippen LogP contribution in [0.1, 0.15) is 0 Å². The predicted molar refractivity (Wildman–Crippen MR) is 34.8 cm³/mol. The Kier molecular flexibility index (Phi) is 83.4. The Bertz CT molecular complexity index is 37.5. The van der Waals surface area contributed by atoms with Gasteiger partial charge in [0.15, 0.2) is 0 Å². The number of hydrogen-bond acceptors (Lipinski definition) is 1. The second-order valence-corrected chi connectivity index (χ2v) is 0.692. The summed E-state index contributed by atoms with van der Waals surface area (Å²) in [5.74, 6) is 0. The molecule has 0 saturated heterocycles. The first kappa shape index (κ1) is 29.8. The van der Waals surface area contributed by atoms with Crippen LogP contribution in [0.4, 0.5) is 0 Å². The molecule has 0 saturated carbocycles. The first-order valence-electron chi connectivity index (χ1n) is 0.532. The summed E-state index contributed by atoms with van der Waals surface area (Å²) in [4.78, 5) is 0. The molecule has 2 N–H and O–H groups in total. The molecule has 8 heavy (non-hydrogen) atoms. The van der Waals surface area contributed by atoms with Crippen molar-refractivity contribution in [2.24, 2.45) is 0 Å². The first-order chi connectivity index (χ1) is 1.73. The van der Waals surface area contributed by atoms with Gasteiger partial charge >= 0.3 is 88.7 Å². The van der Waals surface area contributed by atoms with Crippen molar-refractivity contribution < 1.29 is 35.7 Å². The Morgan fingerprint density at radius 3 is 1.00 bits per heavy atom. The summed E-state index contributed by atoms with van der Waals surface area (Å²) in [5.41, 5.74) is 0. The molecule has 0 atom stereocenters. The van der Waals surface area contributed by atoms with E-state index in [9.17, 15) is 0 Å². The Balaban J connectivity index is -0.00000000750. The Morgan fingerprint density at radius 1 is 1.00 bits per heavy atom. The van der Waals surface area contributed by atoms with Gasteiger partial charge in [-0.15, -0.1) is 0 Å². The Hall–Kier alpha value is 3.81. The minimum atomic E-state index is -2.61. The van der Waals surface area contributed by atoms with Crippen molar-refractivity contribution in [2.45, 2.75) is 0 Å².